The normalized spacial score (nSPS) is 15.1. The second-order valence-corrected chi connectivity index (χ2v) is 10.6. The number of nitrogens with one attached hydrogen (secondary N) is 1. The topological polar surface area (TPSA) is 58.6 Å². The highest BCUT2D eigenvalue weighted by Crippen LogP contribution is 2.29. The van der Waals surface area contributed by atoms with Gasteiger partial charge in [-0.05, 0) is 77.0 Å². The van der Waals surface area contributed by atoms with Crippen molar-refractivity contribution in [3.05, 3.63) is 63.1 Å². The van der Waals surface area contributed by atoms with Crippen molar-refractivity contribution in [3.8, 4) is 5.75 Å². The standard InChI is InChI=1S/C27H34BrClN2O3/c1-18(2)21-11-14-25(24(28)15-21)34-17-26(32)31(16-20-9-12-22(29)13-10-20)19(3)27(33)30-23-7-5-4-6-8-23/h9-15,18-19,23H,4-8,16-17H2,1-3H3,(H,30,33)/t19-/m1/s1. The van der Waals surface area contributed by atoms with E-state index in [2.05, 4.69) is 35.1 Å². The Bertz CT molecular complexity index is 974. The van der Waals surface area contributed by atoms with Gasteiger partial charge in [-0.3, -0.25) is 9.59 Å². The minimum atomic E-state index is -0.625. The summed E-state index contributed by atoms with van der Waals surface area (Å²) in [6.45, 7) is 6.17. The molecule has 1 saturated carbocycles. The predicted octanol–water partition coefficient (Wildman–Crippen LogP) is 6.47. The molecule has 0 saturated heterocycles. The molecular weight excluding hydrogens is 516 g/mol. The van der Waals surface area contributed by atoms with E-state index < -0.39 is 6.04 Å². The minimum Gasteiger partial charge on any atom is -0.483 e. The van der Waals surface area contributed by atoms with Gasteiger partial charge in [0.2, 0.25) is 5.91 Å². The van der Waals surface area contributed by atoms with E-state index in [1.807, 2.05) is 30.3 Å². The maximum absolute atomic E-state index is 13.3. The first-order valence-corrected chi connectivity index (χ1v) is 13.2. The first kappa shape index (κ1) is 26.6. The summed E-state index contributed by atoms with van der Waals surface area (Å²) < 4.78 is 6.66. The van der Waals surface area contributed by atoms with Gasteiger partial charge in [-0.15, -0.1) is 0 Å². The molecule has 0 radical (unpaired) electrons. The van der Waals surface area contributed by atoms with Crippen molar-refractivity contribution in [2.75, 3.05) is 6.61 Å². The molecule has 34 heavy (non-hydrogen) atoms. The van der Waals surface area contributed by atoms with Gasteiger partial charge < -0.3 is 15.0 Å². The van der Waals surface area contributed by atoms with Crippen LogP contribution in [-0.2, 0) is 16.1 Å². The van der Waals surface area contributed by atoms with Crippen LogP contribution < -0.4 is 10.1 Å². The number of benzene rings is 2. The summed E-state index contributed by atoms with van der Waals surface area (Å²) in [6.07, 6.45) is 5.46. The monoisotopic (exact) mass is 548 g/mol. The number of carbonyl (C=O) groups is 2. The Morgan fingerprint density at radius 3 is 2.38 bits per heavy atom. The molecule has 2 aromatic rings. The zero-order valence-electron chi connectivity index (χ0n) is 20.2. The number of carbonyl (C=O) groups excluding carboxylic acids is 2. The Morgan fingerprint density at radius 1 is 1.09 bits per heavy atom. The molecule has 0 heterocycles. The van der Waals surface area contributed by atoms with E-state index in [0.29, 0.717) is 23.2 Å². The van der Waals surface area contributed by atoms with Gasteiger partial charge >= 0.3 is 0 Å². The Labute approximate surface area is 216 Å². The summed E-state index contributed by atoms with van der Waals surface area (Å²) in [5, 5.41) is 3.77. The second-order valence-electron chi connectivity index (χ2n) is 9.30. The zero-order valence-corrected chi connectivity index (χ0v) is 22.5. The third-order valence-corrected chi connectivity index (χ3v) is 7.23. The summed E-state index contributed by atoms with van der Waals surface area (Å²) >= 11 is 9.57. The van der Waals surface area contributed by atoms with Crippen molar-refractivity contribution in [2.45, 2.75) is 77.4 Å². The Morgan fingerprint density at radius 2 is 1.76 bits per heavy atom. The van der Waals surface area contributed by atoms with Crippen molar-refractivity contribution in [1.29, 1.82) is 0 Å². The molecule has 1 atom stereocenters. The van der Waals surface area contributed by atoms with Crippen LogP contribution in [0.3, 0.4) is 0 Å². The lowest BCUT2D eigenvalue weighted by molar-refractivity contribution is -0.142. The predicted molar refractivity (Wildman–Crippen MR) is 140 cm³/mol. The quantitative estimate of drug-likeness (QED) is 0.390. The van der Waals surface area contributed by atoms with Crippen LogP contribution in [0.5, 0.6) is 5.75 Å². The van der Waals surface area contributed by atoms with Crippen molar-refractivity contribution >= 4 is 39.3 Å². The van der Waals surface area contributed by atoms with Crippen LogP contribution in [0.1, 0.15) is 69.9 Å². The smallest absolute Gasteiger partial charge is 0.261 e. The maximum Gasteiger partial charge on any atom is 0.261 e. The molecule has 1 aliphatic rings. The molecular formula is C27H34BrClN2O3. The van der Waals surface area contributed by atoms with E-state index in [-0.39, 0.29) is 24.5 Å². The van der Waals surface area contributed by atoms with Crippen LogP contribution in [-0.4, -0.2) is 35.4 Å². The average molecular weight is 550 g/mol. The molecule has 1 fully saturated rings. The van der Waals surface area contributed by atoms with Crippen molar-refractivity contribution in [2.24, 2.45) is 0 Å². The Hall–Kier alpha value is -2.05. The molecule has 0 unspecified atom stereocenters. The number of hydrogen-bond acceptors (Lipinski definition) is 3. The lowest BCUT2D eigenvalue weighted by atomic mass is 9.95. The van der Waals surface area contributed by atoms with E-state index in [4.69, 9.17) is 16.3 Å². The first-order chi connectivity index (χ1) is 16.2. The summed E-state index contributed by atoms with van der Waals surface area (Å²) in [5.74, 6) is 0.617. The largest absolute Gasteiger partial charge is 0.483 e. The van der Waals surface area contributed by atoms with Crippen LogP contribution in [0, 0.1) is 0 Å². The molecule has 3 rings (SSSR count). The second kappa shape index (κ2) is 12.6. The Balaban J connectivity index is 1.71. The van der Waals surface area contributed by atoms with Gasteiger partial charge in [0.25, 0.3) is 5.91 Å². The van der Waals surface area contributed by atoms with Crippen LogP contribution in [0.15, 0.2) is 46.9 Å². The van der Waals surface area contributed by atoms with Crippen molar-refractivity contribution in [3.63, 3.8) is 0 Å². The van der Waals surface area contributed by atoms with Gasteiger partial charge in [0.15, 0.2) is 6.61 Å². The molecule has 7 heteroatoms. The summed E-state index contributed by atoms with van der Waals surface area (Å²) in [5.41, 5.74) is 2.08. The molecule has 1 N–H and O–H groups in total. The molecule has 2 aromatic carbocycles. The fraction of sp³-hybridized carbons (Fsp3) is 0.481. The number of halogens is 2. The van der Waals surface area contributed by atoms with E-state index in [0.717, 1.165) is 35.7 Å². The number of nitrogens with zero attached hydrogens (tertiary/aromatic N) is 1. The molecule has 1 aliphatic carbocycles. The van der Waals surface area contributed by atoms with E-state index in [9.17, 15) is 9.59 Å². The van der Waals surface area contributed by atoms with Gasteiger partial charge in [0, 0.05) is 17.6 Å². The molecule has 5 nitrogen and oxygen atoms in total. The third kappa shape index (κ3) is 7.47. The highest BCUT2D eigenvalue weighted by atomic mass is 79.9. The fourth-order valence-electron chi connectivity index (χ4n) is 4.15. The third-order valence-electron chi connectivity index (χ3n) is 6.36. The molecule has 0 aromatic heterocycles. The van der Waals surface area contributed by atoms with E-state index >= 15 is 0 Å². The molecule has 0 spiro atoms. The highest BCUT2D eigenvalue weighted by molar-refractivity contribution is 9.10. The maximum atomic E-state index is 13.3. The van der Waals surface area contributed by atoms with Gasteiger partial charge in [-0.25, -0.2) is 0 Å². The molecule has 2 amide bonds. The van der Waals surface area contributed by atoms with Gasteiger partial charge in [-0.1, -0.05) is 62.9 Å². The van der Waals surface area contributed by atoms with Gasteiger partial charge in [0.1, 0.15) is 11.8 Å². The average Bonchev–Trinajstić information content (AvgIpc) is 2.82. The minimum absolute atomic E-state index is 0.128. The molecule has 0 bridgehead atoms. The fourth-order valence-corrected chi connectivity index (χ4v) is 4.79. The highest BCUT2D eigenvalue weighted by Gasteiger charge is 2.28. The van der Waals surface area contributed by atoms with E-state index in [1.165, 1.54) is 12.0 Å². The van der Waals surface area contributed by atoms with Crippen LogP contribution in [0.4, 0.5) is 0 Å². The van der Waals surface area contributed by atoms with Crippen LogP contribution >= 0.6 is 27.5 Å². The summed E-state index contributed by atoms with van der Waals surface area (Å²) in [6, 6.07) is 12.8. The number of amides is 2. The Kier molecular flexibility index (Phi) is 9.84. The van der Waals surface area contributed by atoms with E-state index in [1.54, 1.807) is 24.0 Å². The van der Waals surface area contributed by atoms with Crippen molar-refractivity contribution < 1.29 is 14.3 Å². The molecule has 184 valence electrons. The number of ether oxygens (including phenoxy) is 1. The van der Waals surface area contributed by atoms with Crippen LogP contribution in [0.2, 0.25) is 5.02 Å². The SMILES string of the molecule is CC(C)c1ccc(OCC(=O)N(Cc2ccc(Cl)cc2)[C@H](C)C(=O)NC2CCCCC2)c(Br)c1. The number of hydrogen-bond donors (Lipinski definition) is 1. The molecule has 0 aliphatic heterocycles. The summed E-state index contributed by atoms with van der Waals surface area (Å²) in [7, 11) is 0. The van der Waals surface area contributed by atoms with Crippen molar-refractivity contribution in [1.82, 2.24) is 10.2 Å². The van der Waals surface area contributed by atoms with Gasteiger partial charge in [-0.2, -0.15) is 0 Å². The van der Waals surface area contributed by atoms with Gasteiger partial charge in [0.05, 0.1) is 4.47 Å². The van der Waals surface area contributed by atoms with Crippen LogP contribution in [0.25, 0.3) is 0 Å². The lowest BCUT2D eigenvalue weighted by Gasteiger charge is -2.31. The zero-order chi connectivity index (χ0) is 24.7. The lowest BCUT2D eigenvalue weighted by Crippen LogP contribution is -2.51. The summed E-state index contributed by atoms with van der Waals surface area (Å²) in [4.78, 5) is 27.9. The first-order valence-electron chi connectivity index (χ1n) is 12.0. The number of rotatable bonds is 9.